The third-order valence-corrected chi connectivity index (χ3v) is 4.71. The maximum absolute atomic E-state index is 6.10. The van der Waals surface area contributed by atoms with Gasteiger partial charge in [-0.1, -0.05) is 61.7 Å². The third kappa shape index (κ3) is 2.09. The molecule has 23 heavy (non-hydrogen) atoms. The van der Waals surface area contributed by atoms with Crippen LogP contribution in [0.1, 0.15) is 29.4 Å². The van der Waals surface area contributed by atoms with Crippen LogP contribution in [-0.2, 0) is 0 Å². The summed E-state index contributed by atoms with van der Waals surface area (Å²) in [6.07, 6.45) is 9.33. The normalized spacial score (nSPS) is 20.5. The zero-order valence-corrected chi connectivity index (χ0v) is 13.1. The average molecular weight is 304 g/mol. The van der Waals surface area contributed by atoms with Gasteiger partial charge in [0.25, 0.3) is 0 Å². The van der Waals surface area contributed by atoms with E-state index in [-0.39, 0.29) is 0 Å². The fourth-order valence-corrected chi connectivity index (χ4v) is 3.87. The van der Waals surface area contributed by atoms with E-state index in [0.717, 1.165) is 28.7 Å². The fraction of sp³-hybridized carbons (Fsp3) is 0.238. The highest BCUT2D eigenvalue weighted by Crippen LogP contribution is 2.58. The Bertz CT molecular complexity index is 750. The van der Waals surface area contributed by atoms with E-state index in [9.17, 15) is 0 Å². The smallest absolute Gasteiger partial charge is 0.131 e. The van der Waals surface area contributed by atoms with E-state index in [1.165, 1.54) is 11.1 Å². The van der Waals surface area contributed by atoms with Gasteiger partial charge in [0.1, 0.15) is 24.7 Å². The molecule has 2 aliphatic carbocycles. The molecule has 2 aromatic rings. The van der Waals surface area contributed by atoms with Gasteiger partial charge in [-0.15, -0.1) is 0 Å². The van der Waals surface area contributed by atoms with E-state index in [2.05, 4.69) is 49.6 Å². The average Bonchev–Trinajstić information content (AvgIpc) is 3.20. The van der Waals surface area contributed by atoms with Crippen molar-refractivity contribution in [2.75, 3.05) is 13.2 Å². The van der Waals surface area contributed by atoms with Crippen molar-refractivity contribution in [3.05, 3.63) is 72.9 Å². The van der Waals surface area contributed by atoms with Gasteiger partial charge in [0, 0.05) is 33.7 Å². The van der Waals surface area contributed by atoms with Crippen molar-refractivity contribution >= 4 is 10.8 Å². The van der Waals surface area contributed by atoms with Crippen molar-refractivity contribution in [3.8, 4) is 11.5 Å². The summed E-state index contributed by atoms with van der Waals surface area (Å²) in [7, 11) is 0. The van der Waals surface area contributed by atoms with Crippen molar-refractivity contribution in [1.82, 2.24) is 0 Å². The molecule has 116 valence electrons. The number of hydrogen-bond donors (Lipinski definition) is 0. The van der Waals surface area contributed by atoms with Crippen LogP contribution in [0.2, 0.25) is 0 Å². The van der Waals surface area contributed by atoms with Crippen molar-refractivity contribution in [2.45, 2.75) is 18.3 Å². The van der Waals surface area contributed by atoms with Crippen molar-refractivity contribution in [1.29, 1.82) is 0 Å². The van der Waals surface area contributed by atoms with Gasteiger partial charge in [-0.05, 0) is 6.42 Å². The maximum Gasteiger partial charge on any atom is 0.131 e. The predicted molar refractivity (Wildman–Crippen MR) is 94.6 cm³/mol. The highest BCUT2D eigenvalue weighted by atomic mass is 16.5. The minimum atomic E-state index is 0.436. The molecule has 2 aromatic carbocycles. The van der Waals surface area contributed by atoms with Gasteiger partial charge in [0.2, 0.25) is 0 Å². The maximum atomic E-state index is 6.10. The monoisotopic (exact) mass is 304 g/mol. The molecular weight excluding hydrogens is 284 g/mol. The highest BCUT2D eigenvalue weighted by molar-refractivity contribution is 5.97. The molecule has 0 N–H and O–H groups in total. The molecule has 0 spiro atoms. The Morgan fingerprint density at radius 1 is 0.870 bits per heavy atom. The molecule has 0 saturated carbocycles. The second kappa shape index (κ2) is 5.62. The first-order valence-electron chi connectivity index (χ1n) is 8.09. The van der Waals surface area contributed by atoms with E-state index in [1.807, 2.05) is 0 Å². The molecule has 2 nitrogen and oxygen atoms in total. The van der Waals surface area contributed by atoms with Crippen LogP contribution in [0.3, 0.4) is 0 Å². The Labute approximate surface area is 136 Å². The molecule has 2 bridgehead atoms. The van der Waals surface area contributed by atoms with Crippen LogP contribution >= 0.6 is 0 Å². The number of fused-ring (bicyclic) bond motifs is 6. The van der Waals surface area contributed by atoms with Gasteiger partial charge in [-0.3, -0.25) is 0 Å². The number of rotatable bonds is 6. The summed E-state index contributed by atoms with van der Waals surface area (Å²) in [4.78, 5) is 0. The second-order valence-electron chi connectivity index (χ2n) is 6.06. The molecule has 0 aliphatic heterocycles. The van der Waals surface area contributed by atoms with Crippen LogP contribution in [0.25, 0.3) is 10.8 Å². The largest absolute Gasteiger partial charge is 0.489 e. The van der Waals surface area contributed by atoms with E-state index < -0.39 is 0 Å². The summed E-state index contributed by atoms with van der Waals surface area (Å²) in [6, 6.07) is 8.33. The first kappa shape index (κ1) is 14.1. The van der Waals surface area contributed by atoms with Gasteiger partial charge in [0.15, 0.2) is 0 Å². The van der Waals surface area contributed by atoms with Gasteiger partial charge in [-0.2, -0.15) is 0 Å². The lowest BCUT2D eigenvalue weighted by Gasteiger charge is -2.22. The molecule has 4 rings (SSSR count). The number of benzene rings is 2. The lowest BCUT2D eigenvalue weighted by molar-refractivity contribution is 0.354. The van der Waals surface area contributed by atoms with Gasteiger partial charge < -0.3 is 9.47 Å². The molecule has 0 aromatic heterocycles. The lowest BCUT2D eigenvalue weighted by atomic mass is 9.90. The molecule has 0 heterocycles. The zero-order valence-electron chi connectivity index (χ0n) is 13.1. The molecule has 2 heteroatoms. The lowest BCUT2D eigenvalue weighted by Crippen LogP contribution is -2.06. The van der Waals surface area contributed by atoms with Gasteiger partial charge in [0.05, 0.1) is 0 Å². The Morgan fingerprint density at radius 2 is 1.35 bits per heavy atom. The van der Waals surface area contributed by atoms with Crippen LogP contribution in [0.5, 0.6) is 11.5 Å². The Morgan fingerprint density at radius 3 is 1.78 bits per heavy atom. The van der Waals surface area contributed by atoms with Crippen molar-refractivity contribution < 1.29 is 9.47 Å². The molecule has 2 unspecified atom stereocenters. The van der Waals surface area contributed by atoms with Crippen molar-refractivity contribution in [2.24, 2.45) is 0 Å². The Balaban J connectivity index is 2.00. The van der Waals surface area contributed by atoms with Gasteiger partial charge >= 0.3 is 0 Å². The Hall–Kier alpha value is -2.48. The molecule has 0 radical (unpaired) electrons. The SMILES string of the molecule is C=CCOc1c2c(c(OCC=C)c3ccccc13)C1C=CC2C1. The molecule has 2 atom stereocenters. The molecule has 0 fully saturated rings. The zero-order chi connectivity index (χ0) is 15.8. The van der Waals surface area contributed by atoms with E-state index in [4.69, 9.17) is 9.47 Å². The summed E-state index contributed by atoms with van der Waals surface area (Å²) >= 11 is 0. The summed E-state index contributed by atoms with van der Waals surface area (Å²) in [5.74, 6) is 2.87. The summed E-state index contributed by atoms with van der Waals surface area (Å²) in [5.41, 5.74) is 2.61. The number of allylic oxidation sites excluding steroid dienone is 2. The van der Waals surface area contributed by atoms with Crippen LogP contribution in [-0.4, -0.2) is 13.2 Å². The minimum absolute atomic E-state index is 0.436. The fourth-order valence-electron chi connectivity index (χ4n) is 3.87. The first-order chi connectivity index (χ1) is 11.3. The molecule has 0 saturated heterocycles. The second-order valence-corrected chi connectivity index (χ2v) is 6.06. The van der Waals surface area contributed by atoms with Crippen LogP contribution in [0.4, 0.5) is 0 Å². The van der Waals surface area contributed by atoms with E-state index >= 15 is 0 Å². The van der Waals surface area contributed by atoms with Crippen LogP contribution in [0.15, 0.2) is 61.7 Å². The quantitative estimate of drug-likeness (QED) is 0.690. The molecular formula is C21H20O2. The Kier molecular flexibility index (Phi) is 3.45. The highest BCUT2D eigenvalue weighted by Gasteiger charge is 2.39. The minimum Gasteiger partial charge on any atom is -0.489 e. The number of hydrogen-bond acceptors (Lipinski definition) is 2. The summed E-state index contributed by atoms with van der Waals surface area (Å²) < 4.78 is 12.2. The molecule has 2 aliphatic rings. The van der Waals surface area contributed by atoms with E-state index in [1.54, 1.807) is 12.2 Å². The third-order valence-electron chi connectivity index (χ3n) is 4.71. The van der Waals surface area contributed by atoms with E-state index in [0.29, 0.717) is 25.0 Å². The van der Waals surface area contributed by atoms with Crippen LogP contribution < -0.4 is 9.47 Å². The first-order valence-corrected chi connectivity index (χ1v) is 8.09. The molecule has 0 amide bonds. The standard InChI is InChI=1S/C21H20O2/c1-3-11-22-20-16-7-5-6-8-17(16)21(23-12-4-2)19-15-10-9-14(13-15)18(19)20/h3-10,14-15H,1-2,11-13H2. The number of ether oxygens (including phenoxy) is 2. The summed E-state index contributed by atoms with van der Waals surface area (Å²) in [6.45, 7) is 8.60. The predicted octanol–water partition coefficient (Wildman–Crippen LogP) is 5.11. The summed E-state index contributed by atoms with van der Waals surface area (Å²) in [5, 5.41) is 2.24. The van der Waals surface area contributed by atoms with Gasteiger partial charge in [-0.25, -0.2) is 0 Å². The topological polar surface area (TPSA) is 18.5 Å². The van der Waals surface area contributed by atoms with Crippen LogP contribution in [0, 0.1) is 0 Å². The van der Waals surface area contributed by atoms with Crippen molar-refractivity contribution in [3.63, 3.8) is 0 Å².